The summed E-state index contributed by atoms with van der Waals surface area (Å²) in [5, 5.41) is 4.66. The molecule has 8 heteroatoms. The number of anilines is 1. The molecule has 2 amide bonds. The monoisotopic (exact) mass is 396 g/mol. The Hall–Kier alpha value is -2.12. The normalized spacial score (nSPS) is 21.9. The predicted octanol–water partition coefficient (Wildman–Crippen LogP) is 3.38. The fourth-order valence-corrected chi connectivity index (χ4v) is 3.35. The molecule has 0 radical (unpaired) electrons. The zero-order chi connectivity index (χ0) is 20.2. The van der Waals surface area contributed by atoms with Crippen LogP contribution in [0, 0.1) is 5.92 Å². The average Bonchev–Trinajstić information content (AvgIpc) is 2.69. The first-order valence-electron chi connectivity index (χ1n) is 8.77. The highest BCUT2D eigenvalue weighted by molar-refractivity contribution is 6.22. The van der Waals surface area contributed by atoms with Crippen LogP contribution in [0.1, 0.15) is 45.1 Å². The lowest BCUT2D eigenvalue weighted by Crippen LogP contribution is -2.60. The van der Waals surface area contributed by atoms with Crippen LogP contribution in [0.4, 0.5) is 10.5 Å². The molecule has 2 N–H and O–H groups in total. The van der Waals surface area contributed by atoms with Gasteiger partial charge in [0.25, 0.3) is 0 Å². The molecule has 1 aliphatic rings. The van der Waals surface area contributed by atoms with Crippen LogP contribution in [0.5, 0.6) is 0 Å². The highest BCUT2D eigenvalue weighted by Crippen LogP contribution is 2.39. The van der Waals surface area contributed by atoms with E-state index in [0.717, 1.165) is 5.56 Å². The standard InChI is InChI=1S/C19H25ClN2O5/c1-5-26-19(11-23,22-17(25)27-18(2,3)4)13-10-14(20)12-8-6-7-9-15(12)21-16(13)24/h6-9,11,13-14H,5,10H2,1-4H3,(H,21,24)(H,22,25). The summed E-state index contributed by atoms with van der Waals surface area (Å²) in [5.74, 6) is -1.51. The second-order valence-corrected chi connectivity index (χ2v) is 7.83. The van der Waals surface area contributed by atoms with Crippen LogP contribution in [0.2, 0.25) is 0 Å². The number of ether oxygens (including phenoxy) is 2. The van der Waals surface area contributed by atoms with Crippen molar-refractivity contribution in [1.29, 1.82) is 0 Å². The van der Waals surface area contributed by atoms with Crippen LogP contribution in [0.25, 0.3) is 0 Å². The number of benzene rings is 1. The minimum Gasteiger partial charge on any atom is -0.444 e. The number of amides is 2. The molecule has 1 aromatic rings. The van der Waals surface area contributed by atoms with E-state index in [2.05, 4.69) is 10.6 Å². The lowest BCUT2D eigenvalue weighted by atomic mass is 9.90. The number of nitrogens with one attached hydrogen (secondary N) is 2. The Morgan fingerprint density at radius 1 is 1.37 bits per heavy atom. The first-order chi connectivity index (χ1) is 12.6. The van der Waals surface area contributed by atoms with Crippen LogP contribution >= 0.6 is 11.6 Å². The van der Waals surface area contributed by atoms with Crippen molar-refractivity contribution < 1.29 is 23.9 Å². The molecule has 0 saturated heterocycles. The number of carbonyl (C=O) groups is 3. The predicted molar refractivity (Wildman–Crippen MR) is 102 cm³/mol. The average molecular weight is 397 g/mol. The minimum atomic E-state index is -1.89. The van der Waals surface area contributed by atoms with E-state index >= 15 is 0 Å². The topological polar surface area (TPSA) is 93.7 Å². The van der Waals surface area contributed by atoms with Gasteiger partial charge in [-0.05, 0) is 45.7 Å². The summed E-state index contributed by atoms with van der Waals surface area (Å²) in [6, 6.07) is 7.13. The van der Waals surface area contributed by atoms with E-state index in [1.54, 1.807) is 45.9 Å². The fraction of sp³-hybridized carbons (Fsp3) is 0.526. The van der Waals surface area contributed by atoms with Gasteiger partial charge in [0.2, 0.25) is 11.6 Å². The number of halogens is 1. The number of alkyl carbamates (subject to hydrolysis) is 1. The van der Waals surface area contributed by atoms with E-state index in [1.165, 1.54) is 0 Å². The molecule has 1 aromatic carbocycles. The molecular weight excluding hydrogens is 372 g/mol. The van der Waals surface area contributed by atoms with Crippen LogP contribution < -0.4 is 10.6 Å². The number of rotatable bonds is 5. The Bertz CT molecular complexity index is 718. The van der Waals surface area contributed by atoms with E-state index in [4.69, 9.17) is 21.1 Å². The summed E-state index contributed by atoms with van der Waals surface area (Å²) in [4.78, 5) is 37.2. The molecule has 3 unspecified atom stereocenters. The molecule has 0 spiro atoms. The zero-order valence-electron chi connectivity index (χ0n) is 15.9. The molecule has 27 heavy (non-hydrogen) atoms. The zero-order valence-corrected chi connectivity index (χ0v) is 16.6. The summed E-state index contributed by atoms with van der Waals surface area (Å²) in [5.41, 5.74) is -1.36. The number of hydrogen-bond acceptors (Lipinski definition) is 5. The summed E-state index contributed by atoms with van der Waals surface area (Å²) >= 11 is 6.51. The van der Waals surface area contributed by atoms with Crippen molar-refractivity contribution >= 4 is 35.6 Å². The Labute approximate surface area is 163 Å². The molecule has 3 atom stereocenters. The molecule has 2 rings (SSSR count). The number of fused-ring (bicyclic) bond motifs is 1. The van der Waals surface area contributed by atoms with Gasteiger partial charge in [0.1, 0.15) is 5.60 Å². The quantitative estimate of drug-likeness (QED) is 0.452. The number of hydrogen-bond donors (Lipinski definition) is 2. The van der Waals surface area contributed by atoms with Gasteiger partial charge in [0, 0.05) is 12.3 Å². The van der Waals surface area contributed by atoms with Gasteiger partial charge in [-0.1, -0.05) is 18.2 Å². The first-order valence-corrected chi connectivity index (χ1v) is 9.21. The van der Waals surface area contributed by atoms with E-state index in [9.17, 15) is 14.4 Å². The Balaban J connectivity index is 2.36. The van der Waals surface area contributed by atoms with Crippen molar-refractivity contribution in [3.63, 3.8) is 0 Å². The molecule has 148 valence electrons. The van der Waals surface area contributed by atoms with E-state index in [1.807, 2.05) is 6.07 Å². The number of carbonyl (C=O) groups excluding carboxylic acids is 3. The minimum absolute atomic E-state index is 0.0955. The number of aldehydes is 1. The lowest BCUT2D eigenvalue weighted by molar-refractivity contribution is -0.154. The smallest absolute Gasteiger partial charge is 0.410 e. The molecular formula is C19H25ClN2O5. The summed E-state index contributed by atoms with van der Waals surface area (Å²) in [6.45, 7) is 6.84. The lowest BCUT2D eigenvalue weighted by Gasteiger charge is -2.35. The molecule has 0 bridgehead atoms. The first kappa shape index (κ1) is 21.2. The SMILES string of the molecule is CCOC(C=O)(NC(=O)OC(C)(C)C)C1CC(Cl)c2ccccc2NC1=O. The molecule has 1 aliphatic heterocycles. The fourth-order valence-electron chi connectivity index (χ4n) is 2.99. The molecule has 7 nitrogen and oxygen atoms in total. The van der Waals surface area contributed by atoms with Crippen molar-refractivity contribution in [2.24, 2.45) is 5.92 Å². The molecule has 0 aromatic heterocycles. The van der Waals surface area contributed by atoms with Gasteiger partial charge in [-0.15, -0.1) is 11.6 Å². The van der Waals surface area contributed by atoms with Crippen molar-refractivity contribution in [2.75, 3.05) is 11.9 Å². The highest BCUT2D eigenvalue weighted by atomic mass is 35.5. The maximum Gasteiger partial charge on any atom is 0.410 e. The van der Waals surface area contributed by atoms with Gasteiger partial charge in [-0.2, -0.15) is 0 Å². The molecule has 0 aliphatic carbocycles. The third-order valence-corrected chi connectivity index (χ3v) is 4.50. The van der Waals surface area contributed by atoms with Gasteiger partial charge in [-0.3, -0.25) is 14.9 Å². The summed E-state index contributed by atoms with van der Waals surface area (Å²) < 4.78 is 10.8. The van der Waals surface area contributed by atoms with Crippen LogP contribution in [-0.2, 0) is 19.1 Å². The van der Waals surface area contributed by atoms with Crippen molar-refractivity contribution in [1.82, 2.24) is 5.32 Å². The molecule has 1 heterocycles. The van der Waals surface area contributed by atoms with Crippen molar-refractivity contribution in [3.05, 3.63) is 29.8 Å². The van der Waals surface area contributed by atoms with Gasteiger partial charge in [0.15, 0.2) is 6.29 Å². The van der Waals surface area contributed by atoms with Gasteiger partial charge in [-0.25, -0.2) is 4.79 Å². The van der Waals surface area contributed by atoms with E-state index in [0.29, 0.717) is 12.0 Å². The molecule has 0 saturated carbocycles. The van der Waals surface area contributed by atoms with Crippen molar-refractivity contribution in [3.8, 4) is 0 Å². The Morgan fingerprint density at radius 3 is 2.63 bits per heavy atom. The van der Waals surface area contributed by atoms with Crippen LogP contribution in [-0.4, -0.2) is 36.2 Å². The van der Waals surface area contributed by atoms with Crippen LogP contribution in [0.15, 0.2) is 24.3 Å². The third-order valence-electron chi connectivity index (χ3n) is 4.09. The number of para-hydroxylation sites is 1. The number of alkyl halides is 1. The summed E-state index contributed by atoms with van der Waals surface area (Å²) in [6.07, 6.45) is -0.341. The van der Waals surface area contributed by atoms with Gasteiger partial charge >= 0.3 is 6.09 Å². The second kappa shape index (κ2) is 8.27. The van der Waals surface area contributed by atoms with Gasteiger partial charge in [0.05, 0.1) is 11.3 Å². The summed E-state index contributed by atoms with van der Waals surface area (Å²) in [7, 11) is 0. The van der Waals surface area contributed by atoms with E-state index in [-0.39, 0.29) is 13.0 Å². The molecule has 0 fully saturated rings. The third kappa shape index (κ3) is 4.99. The van der Waals surface area contributed by atoms with Crippen molar-refractivity contribution in [2.45, 2.75) is 50.8 Å². The van der Waals surface area contributed by atoms with E-state index < -0.39 is 34.6 Å². The highest BCUT2D eigenvalue weighted by Gasteiger charge is 2.48. The second-order valence-electron chi connectivity index (χ2n) is 7.30. The van der Waals surface area contributed by atoms with Crippen LogP contribution in [0.3, 0.4) is 0 Å². The largest absolute Gasteiger partial charge is 0.444 e. The Morgan fingerprint density at radius 2 is 2.04 bits per heavy atom. The maximum atomic E-state index is 12.9. The Kier molecular flexibility index (Phi) is 6.49. The maximum absolute atomic E-state index is 12.9. The van der Waals surface area contributed by atoms with Gasteiger partial charge < -0.3 is 14.8 Å².